The molecule has 0 aliphatic heterocycles. The predicted octanol–water partition coefficient (Wildman–Crippen LogP) is 3.19. The van der Waals surface area contributed by atoms with Crippen molar-refractivity contribution in [1.82, 2.24) is 0 Å². The van der Waals surface area contributed by atoms with Gasteiger partial charge < -0.3 is 0 Å². The molecule has 0 spiro atoms. The van der Waals surface area contributed by atoms with Gasteiger partial charge in [0.25, 0.3) is 0 Å². The zero-order chi connectivity index (χ0) is 8.85. The highest BCUT2D eigenvalue weighted by molar-refractivity contribution is 5.32. The van der Waals surface area contributed by atoms with Crippen LogP contribution in [0.2, 0.25) is 0 Å². The van der Waals surface area contributed by atoms with Gasteiger partial charge in [0, 0.05) is 5.70 Å². The molecular weight excluding hydrogens is 134 g/mol. The second-order valence-electron chi connectivity index (χ2n) is 2.91. The summed E-state index contributed by atoms with van der Waals surface area (Å²) < 4.78 is 0. The van der Waals surface area contributed by atoms with Gasteiger partial charge in [-0.2, -0.15) is 0 Å². The summed E-state index contributed by atoms with van der Waals surface area (Å²) in [6.45, 7) is 11.8. The van der Waals surface area contributed by atoms with Gasteiger partial charge >= 0.3 is 0 Å². The first kappa shape index (κ1) is 10.2. The summed E-state index contributed by atoms with van der Waals surface area (Å²) in [7, 11) is 0. The highest BCUT2D eigenvalue weighted by Gasteiger charge is 1.98. The first-order valence-corrected chi connectivity index (χ1v) is 3.93. The van der Waals surface area contributed by atoms with Crippen molar-refractivity contribution in [2.45, 2.75) is 27.7 Å². The van der Waals surface area contributed by atoms with Crippen LogP contribution >= 0.6 is 0 Å². The Hall–Kier alpha value is -0.850. The summed E-state index contributed by atoms with van der Waals surface area (Å²) in [5, 5.41) is 0. The van der Waals surface area contributed by atoms with E-state index in [2.05, 4.69) is 44.6 Å². The summed E-state index contributed by atoms with van der Waals surface area (Å²) in [5.41, 5.74) is 2.29. The van der Waals surface area contributed by atoms with Crippen LogP contribution in [-0.4, -0.2) is 6.72 Å². The molecule has 0 saturated heterocycles. The van der Waals surface area contributed by atoms with E-state index >= 15 is 0 Å². The van der Waals surface area contributed by atoms with E-state index in [1.807, 2.05) is 6.92 Å². The molecule has 0 amide bonds. The van der Waals surface area contributed by atoms with Gasteiger partial charge in [0.1, 0.15) is 0 Å². The Kier molecular flexibility index (Phi) is 4.51. The minimum Gasteiger partial charge on any atom is -0.269 e. The lowest BCUT2D eigenvalue weighted by molar-refractivity contribution is 0.759. The minimum absolute atomic E-state index is 0.461. The van der Waals surface area contributed by atoms with Crippen molar-refractivity contribution in [3.8, 4) is 0 Å². The van der Waals surface area contributed by atoms with Crippen molar-refractivity contribution in [2.75, 3.05) is 0 Å². The molecule has 0 fully saturated rings. The maximum atomic E-state index is 3.95. The summed E-state index contributed by atoms with van der Waals surface area (Å²) >= 11 is 0. The van der Waals surface area contributed by atoms with Crippen LogP contribution in [0, 0.1) is 5.92 Å². The first-order valence-electron chi connectivity index (χ1n) is 3.93. The molecule has 1 heteroatoms. The Balaban J connectivity index is 4.48. The van der Waals surface area contributed by atoms with E-state index in [0.29, 0.717) is 5.92 Å². The van der Waals surface area contributed by atoms with Crippen LogP contribution in [0.3, 0.4) is 0 Å². The number of allylic oxidation sites excluding steroid dienone is 4. The Bertz CT molecular complexity index is 185. The monoisotopic (exact) mass is 151 g/mol. The number of hydrogen-bond donors (Lipinski definition) is 0. The number of aliphatic imine (C=N–C) groups is 1. The van der Waals surface area contributed by atoms with Crippen LogP contribution in [-0.2, 0) is 0 Å². The zero-order valence-electron chi connectivity index (χ0n) is 7.89. The highest BCUT2D eigenvalue weighted by atomic mass is 14.7. The van der Waals surface area contributed by atoms with Crippen LogP contribution in [0.1, 0.15) is 27.7 Å². The van der Waals surface area contributed by atoms with Gasteiger partial charge in [-0.3, -0.25) is 4.99 Å². The van der Waals surface area contributed by atoms with Gasteiger partial charge in [-0.05, 0) is 32.6 Å². The molecule has 0 saturated carbocycles. The summed E-state index contributed by atoms with van der Waals surface area (Å²) in [6, 6.07) is 0. The largest absolute Gasteiger partial charge is 0.269 e. The van der Waals surface area contributed by atoms with E-state index in [0.717, 1.165) is 5.70 Å². The summed E-state index contributed by atoms with van der Waals surface area (Å²) in [4.78, 5) is 3.95. The van der Waals surface area contributed by atoms with Crippen LogP contribution in [0.4, 0.5) is 0 Å². The molecule has 0 rings (SSSR count). The molecule has 0 unspecified atom stereocenters. The molecule has 0 aliphatic carbocycles. The molecule has 0 aromatic heterocycles. The minimum atomic E-state index is 0.461. The van der Waals surface area contributed by atoms with E-state index in [-0.39, 0.29) is 0 Å². The van der Waals surface area contributed by atoms with Crippen LogP contribution in [0.5, 0.6) is 0 Å². The molecule has 0 N–H and O–H groups in total. The average molecular weight is 151 g/mol. The average Bonchev–Trinajstić information content (AvgIpc) is 1.99. The number of hydrogen-bond acceptors (Lipinski definition) is 1. The molecule has 0 aliphatic rings. The fourth-order valence-corrected chi connectivity index (χ4v) is 0.711. The Morgan fingerprint density at radius 2 is 2.00 bits per heavy atom. The Morgan fingerprint density at radius 1 is 1.45 bits per heavy atom. The molecule has 1 nitrogen and oxygen atoms in total. The van der Waals surface area contributed by atoms with Gasteiger partial charge in [0.15, 0.2) is 0 Å². The summed E-state index contributed by atoms with van der Waals surface area (Å²) in [6.07, 6.45) is 4.13. The van der Waals surface area contributed by atoms with Gasteiger partial charge in [0.2, 0.25) is 0 Å². The van der Waals surface area contributed by atoms with E-state index < -0.39 is 0 Å². The van der Waals surface area contributed by atoms with Gasteiger partial charge in [-0.15, -0.1) is 0 Å². The summed E-state index contributed by atoms with van der Waals surface area (Å²) in [5.74, 6) is 0.461. The fourth-order valence-electron chi connectivity index (χ4n) is 0.711. The molecule has 0 bridgehead atoms. The maximum absolute atomic E-state index is 3.95. The normalized spacial score (nSPS) is 13.9. The Morgan fingerprint density at radius 3 is 2.27 bits per heavy atom. The fraction of sp³-hybridized carbons (Fsp3) is 0.500. The molecule has 0 aromatic rings. The SMILES string of the molecule is C=N/C(=C\C(C)=C/C)C(C)C. The van der Waals surface area contributed by atoms with Crippen LogP contribution in [0.15, 0.2) is 28.4 Å². The number of nitrogens with zero attached hydrogens (tertiary/aromatic N) is 1. The van der Waals surface area contributed by atoms with Crippen molar-refractivity contribution >= 4 is 6.72 Å². The van der Waals surface area contributed by atoms with Gasteiger partial charge in [-0.25, -0.2) is 0 Å². The standard InChI is InChI=1S/C10H17N/c1-6-9(4)7-10(11-5)8(2)3/h6-8H,5H2,1-4H3/b9-6-,10-7-. The Labute approximate surface area is 69.5 Å². The van der Waals surface area contributed by atoms with Crippen molar-refractivity contribution in [1.29, 1.82) is 0 Å². The van der Waals surface area contributed by atoms with Crippen molar-refractivity contribution in [3.63, 3.8) is 0 Å². The second-order valence-corrected chi connectivity index (χ2v) is 2.91. The third kappa shape index (κ3) is 3.76. The second kappa shape index (κ2) is 4.89. The maximum Gasteiger partial charge on any atom is 0.0424 e. The molecular formula is C10H17N. The molecule has 0 aromatic carbocycles. The van der Waals surface area contributed by atoms with Crippen molar-refractivity contribution in [2.24, 2.45) is 10.9 Å². The van der Waals surface area contributed by atoms with Crippen molar-refractivity contribution in [3.05, 3.63) is 23.4 Å². The zero-order valence-corrected chi connectivity index (χ0v) is 7.89. The third-order valence-electron chi connectivity index (χ3n) is 1.61. The van der Waals surface area contributed by atoms with Gasteiger partial charge in [0.05, 0.1) is 0 Å². The van der Waals surface area contributed by atoms with E-state index in [4.69, 9.17) is 0 Å². The smallest absolute Gasteiger partial charge is 0.0424 e. The molecule has 62 valence electrons. The van der Waals surface area contributed by atoms with Crippen LogP contribution < -0.4 is 0 Å². The predicted molar refractivity (Wildman–Crippen MR) is 51.9 cm³/mol. The first-order chi connectivity index (χ1) is 5.11. The topological polar surface area (TPSA) is 12.4 Å². The number of rotatable bonds is 3. The molecule has 0 atom stereocenters. The van der Waals surface area contributed by atoms with E-state index in [1.54, 1.807) is 0 Å². The van der Waals surface area contributed by atoms with E-state index in [9.17, 15) is 0 Å². The quantitative estimate of drug-likeness (QED) is 0.434. The van der Waals surface area contributed by atoms with Gasteiger partial charge in [-0.1, -0.05) is 25.5 Å². The highest BCUT2D eigenvalue weighted by Crippen LogP contribution is 2.12. The van der Waals surface area contributed by atoms with E-state index in [1.165, 1.54) is 5.57 Å². The lowest BCUT2D eigenvalue weighted by Gasteiger charge is -2.04. The lowest BCUT2D eigenvalue weighted by atomic mass is 10.1. The molecule has 0 heterocycles. The van der Waals surface area contributed by atoms with Crippen molar-refractivity contribution < 1.29 is 0 Å². The van der Waals surface area contributed by atoms with Crippen LogP contribution in [0.25, 0.3) is 0 Å². The molecule has 0 radical (unpaired) electrons. The molecule has 11 heavy (non-hydrogen) atoms. The lowest BCUT2D eigenvalue weighted by Crippen LogP contribution is -1.90. The third-order valence-corrected chi connectivity index (χ3v) is 1.61.